The van der Waals surface area contributed by atoms with Crippen LogP contribution in [0.3, 0.4) is 0 Å². The number of halogens is 1. The largest absolute Gasteiger partial charge is 0.365 e. The smallest absolute Gasteiger partial charge is 0.362 e. The van der Waals surface area contributed by atoms with Gasteiger partial charge >= 0.3 is 5.97 Å². The van der Waals surface area contributed by atoms with Crippen molar-refractivity contribution in [3.8, 4) is 0 Å². The third kappa shape index (κ3) is 3.04. The van der Waals surface area contributed by atoms with Crippen LogP contribution in [0.2, 0.25) is 0 Å². The van der Waals surface area contributed by atoms with E-state index in [0.717, 1.165) is 42.7 Å². The number of aromatic amines is 1. The minimum absolute atomic E-state index is 0.285. The fraction of sp³-hybridized carbons (Fsp3) is 0.333. The van der Waals surface area contributed by atoms with Gasteiger partial charge in [0.2, 0.25) is 0 Å². The molecule has 120 valence electrons. The van der Waals surface area contributed by atoms with Crippen molar-refractivity contribution < 1.29 is 14.0 Å². The number of fused-ring (bicyclic) bond motifs is 1. The average molecular weight is 314 g/mol. The zero-order chi connectivity index (χ0) is 16.4. The highest BCUT2D eigenvalue weighted by atomic mass is 19.1. The molecule has 1 N–H and O–H groups in total. The van der Waals surface area contributed by atoms with Crippen LogP contribution in [0.5, 0.6) is 0 Å². The first kappa shape index (κ1) is 15.5. The highest BCUT2D eigenvalue weighted by molar-refractivity contribution is 6.04. The highest BCUT2D eigenvalue weighted by Crippen LogP contribution is 2.28. The predicted molar refractivity (Wildman–Crippen MR) is 86.2 cm³/mol. The van der Waals surface area contributed by atoms with Crippen LogP contribution in [-0.2, 0) is 17.7 Å². The predicted octanol–water partition coefficient (Wildman–Crippen LogP) is 3.92. The van der Waals surface area contributed by atoms with Gasteiger partial charge in [-0.2, -0.15) is 0 Å². The number of carbonyl (C=O) groups is 1. The molecular formula is C18H19FN2O2. The highest BCUT2D eigenvalue weighted by Gasteiger charge is 2.23. The summed E-state index contributed by atoms with van der Waals surface area (Å²) in [5.41, 5.74) is 5.74. The van der Waals surface area contributed by atoms with Crippen LogP contribution in [0.4, 0.5) is 4.39 Å². The molecule has 0 saturated carbocycles. The lowest BCUT2D eigenvalue weighted by molar-refractivity contribution is 0.0515. The first-order valence-electron chi connectivity index (χ1n) is 7.84. The molecule has 0 amide bonds. The van der Waals surface area contributed by atoms with Crippen LogP contribution in [-0.4, -0.2) is 16.7 Å². The summed E-state index contributed by atoms with van der Waals surface area (Å²) >= 11 is 0. The number of nitrogens with one attached hydrogen (secondary N) is 1. The van der Waals surface area contributed by atoms with Gasteiger partial charge in [-0.3, -0.25) is 0 Å². The quantitative estimate of drug-likeness (QED) is 0.689. The molecule has 1 aromatic carbocycles. The lowest BCUT2D eigenvalue weighted by Gasteiger charge is -2.14. The van der Waals surface area contributed by atoms with E-state index in [-0.39, 0.29) is 11.4 Å². The van der Waals surface area contributed by atoms with E-state index in [0.29, 0.717) is 0 Å². The van der Waals surface area contributed by atoms with Crippen molar-refractivity contribution in [3.05, 3.63) is 58.2 Å². The number of benzene rings is 1. The summed E-state index contributed by atoms with van der Waals surface area (Å²) in [4.78, 5) is 20.5. The van der Waals surface area contributed by atoms with Gasteiger partial charge in [-0.1, -0.05) is 12.1 Å². The first-order valence-corrected chi connectivity index (χ1v) is 7.84. The molecule has 0 spiro atoms. The number of nitrogens with zero attached hydrogens (tertiary/aromatic N) is 1. The number of rotatable bonds is 3. The van der Waals surface area contributed by atoms with Crippen LogP contribution in [0.25, 0.3) is 0 Å². The minimum atomic E-state index is -0.574. The lowest BCUT2D eigenvalue weighted by atomic mass is 9.92. The first-order chi connectivity index (χ1) is 11.1. The molecule has 0 unspecified atom stereocenters. The molecule has 0 saturated heterocycles. The normalized spacial score (nSPS) is 15.5. The summed E-state index contributed by atoms with van der Waals surface area (Å²) in [6.45, 7) is 4.16. The third-order valence-corrected chi connectivity index (χ3v) is 4.20. The lowest BCUT2D eigenvalue weighted by Crippen LogP contribution is -2.14. The third-order valence-electron chi connectivity index (χ3n) is 4.20. The van der Waals surface area contributed by atoms with E-state index in [2.05, 4.69) is 24.0 Å². The van der Waals surface area contributed by atoms with Crippen LogP contribution in [0.1, 0.15) is 52.6 Å². The fourth-order valence-corrected chi connectivity index (χ4v) is 3.10. The molecule has 1 aliphatic carbocycles. The second-order valence-corrected chi connectivity index (χ2v) is 5.71. The Kier molecular flexibility index (Phi) is 4.28. The van der Waals surface area contributed by atoms with E-state index in [1.807, 2.05) is 0 Å². The van der Waals surface area contributed by atoms with Crippen molar-refractivity contribution in [2.24, 2.45) is 5.16 Å². The molecule has 5 heteroatoms. The molecule has 0 fully saturated rings. The Hall–Kier alpha value is -2.43. The Morgan fingerprint density at radius 3 is 2.74 bits per heavy atom. The standard InChI is InChI=1S/C18H19FN2O2/c1-3-14-11(2)20-15-5-4-6-16(17(14)15)21-23-18(22)12-7-9-13(19)10-8-12/h7-10,20H,3-6H2,1-2H3. The Bertz CT molecular complexity index is 760. The van der Waals surface area contributed by atoms with Crippen LogP contribution in [0, 0.1) is 12.7 Å². The Morgan fingerprint density at radius 2 is 2.04 bits per heavy atom. The molecule has 1 heterocycles. The SMILES string of the molecule is CCc1c(C)[nH]c2c1C(=NOC(=O)c1ccc(F)cc1)CCC2. The zero-order valence-corrected chi connectivity index (χ0v) is 13.3. The number of hydrogen-bond donors (Lipinski definition) is 1. The molecule has 4 nitrogen and oxygen atoms in total. The van der Waals surface area contributed by atoms with Crippen molar-refractivity contribution in [1.82, 2.24) is 4.98 Å². The van der Waals surface area contributed by atoms with Gasteiger partial charge in [0, 0.05) is 17.0 Å². The summed E-state index contributed by atoms with van der Waals surface area (Å²) in [6.07, 6.45) is 3.65. The summed E-state index contributed by atoms with van der Waals surface area (Å²) < 4.78 is 12.9. The van der Waals surface area contributed by atoms with Crippen molar-refractivity contribution >= 4 is 11.7 Å². The Balaban J connectivity index is 1.84. The number of H-pyrrole nitrogens is 1. The van der Waals surface area contributed by atoms with Crippen LogP contribution in [0.15, 0.2) is 29.4 Å². The van der Waals surface area contributed by atoms with Gasteiger partial charge in [0.25, 0.3) is 0 Å². The van der Waals surface area contributed by atoms with Crippen molar-refractivity contribution in [1.29, 1.82) is 0 Å². The van der Waals surface area contributed by atoms with E-state index in [1.54, 1.807) is 0 Å². The van der Waals surface area contributed by atoms with Gasteiger partial charge in [0.05, 0.1) is 11.3 Å². The molecule has 3 rings (SSSR count). The number of oxime groups is 1. The van der Waals surface area contributed by atoms with Gasteiger partial charge in [-0.05, 0) is 62.4 Å². The Labute approximate surface area is 134 Å². The molecule has 1 aliphatic rings. The van der Waals surface area contributed by atoms with Crippen molar-refractivity contribution in [2.75, 3.05) is 0 Å². The van der Waals surface area contributed by atoms with E-state index in [9.17, 15) is 9.18 Å². The van der Waals surface area contributed by atoms with Crippen molar-refractivity contribution in [3.63, 3.8) is 0 Å². The molecule has 0 aliphatic heterocycles. The number of hydrogen-bond acceptors (Lipinski definition) is 3. The summed E-state index contributed by atoms with van der Waals surface area (Å²) in [5, 5.41) is 4.10. The summed E-state index contributed by atoms with van der Waals surface area (Å²) in [5.74, 6) is -0.963. The molecule has 0 bridgehead atoms. The molecule has 23 heavy (non-hydrogen) atoms. The molecule has 0 radical (unpaired) electrons. The van der Waals surface area contributed by atoms with Crippen LogP contribution < -0.4 is 0 Å². The molecule has 1 aromatic heterocycles. The van der Waals surface area contributed by atoms with E-state index < -0.39 is 5.97 Å². The topological polar surface area (TPSA) is 54.4 Å². The fourth-order valence-electron chi connectivity index (χ4n) is 3.10. The maximum Gasteiger partial charge on any atom is 0.365 e. The van der Waals surface area contributed by atoms with Gasteiger partial charge in [-0.25, -0.2) is 9.18 Å². The minimum Gasteiger partial charge on any atom is -0.362 e. The van der Waals surface area contributed by atoms with Gasteiger partial charge in [-0.15, -0.1) is 0 Å². The van der Waals surface area contributed by atoms with E-state index in [4.69, 9.17) is 4.84 Å². The Morgan fingerprint density at radius 1 is 1.30 bits per heavy atom. The molecule has 2 aromatic rings. The van der Waals surface area contributed by atoms with Gasteiger partial charge in [0.1, 0.15) is 5.82 Å². The maximum atomic E-state index is 12.9. The second-order valence-electron chi connectivity index (χ2n) is 5.71. The molecule has 0 atom stereocenters. The van der Waals surface area contributed by atoms with Gasteiger partial charge < -0.3 is 9.82 Å². The van der Waals surface area contributed by atoms with Crippen molar-refractivity contribution in [2.45, 2.75) is 39.5 Å². The zero-order valence-electron chi connectivity index (χ0n) is 13.3. The second kappa shape index (κ2) is 6.36. The monoisotopic (exact) mass is 314 g/mol. The van der Waals surface area contributed by atoms with E-state index >= 15 is 0 Å². The maximum absolute atomic E-state index is 12.9. The number of aromatic nitrogens is 1. The molecular weight excluding hydrogens is 295 g/mol. The summed E-state index contributed by atoms with van der Waals surface area (Å²) in [6, 6.07) is 5.24. The van der Waals surface area contributed by atoms with Crippen LogP contribution >= 0.6 is 0 Å². The van der Waals surface area contributed by atoms with Gasteiger partial charge in [0.15, 0.2) is 0 Å². The average Bonchev–Trinajstić information content (AvgIpc) is 2.88. The van der Waals surface area contributed by atoms with E-state index in [1.165, 1.54) is 35.5 Å². The number of aryl methyl sites for hydroxylation is 2. The summed E-state index contributed by atoms with van der Waals surface area (Å²) in [7, 11) is 0. The number of carbonyl (C=O) groups excluding carboxylic acids is 1.